The van der Waals surface area contributed by atoms with Gasteiger partial charge in [-0.15, -0.1) is 0 Å². The molecule has 0 bridgehead atoms. The van der Waals surface area contributed by atoms with Gasteiger partial charge in [0.05, 0.1) is 11.7 Å². The van der Waals surface area contributed by atoms with Crippen molar-refractivity contribution in [1.82, 2.24) is 0 Å². The van der Waals surface area contributed by atoms with Gasteiger partial charge in [-0.1, -0.05) is 34.8 Å². The topological polar surface area (TPSA) is 20.2 Å². The predicted molar refractivity (Wildman–Crippen MR) is 61.4 cm³/mol. The van der Waals surface area contributed by atoms with Crippen LogP contribution in [0.3, 0.4) is 0 Å². The van der Waals surface area contributed by atoms with E-state index in [0.717, 1.165) is 18.9 Å². The van der Waals surface area contributed by atoms with Crippen molar-refractivity contribution in [2.75, 3.05) is 0 Å². The van der Waals surface area contributed by atoms with E-state index in [1.165, 1.54) is 12.1 Å². The van der Waals surface area contributed by atoms with E-state index in [9.17, 15) is 18.3 Å². The molecule has 1 aliphatic carbocycles. The monoisotopic (exact) mass is 308 g/mol. The first-order valence-corrected chi connectivity index (χ1v) is 6.22. The third-order valence-corrected chi connectivity index (χ3v) is 3.43. The summed E-state index contributed by atoms with van der Waals surface area (Å²) >= 11 is 3.02. The molecule has 1 nitrogen and oxygen atoms in total. The van der Waals surface area contributed by atoms with Crippen molar-refractivity contribution in [3.8, 4) is 0 Å². The van der Waals surface area contributed by atoms with Gasteiger partial charge in [0.15, 0.2) is 0 Å². The zero-order chi connectivity index (χ0) is 12.6. The number of halogens is 4. The molecular weight excluding hydrogens is 297 g/mol. The highest BCUT2D eigenvalue weighted by Crippen LogP contribution is 2.41. The molecule has 1 atom stereocenters. The van der Waals surface area contributed by atoms with Crippen LogP contribution in [-0.4, -0.2) is 5.11 Å². The zero-order valence-corrected chi connectivity index (χ0v) is 10.6. The minimum Gasteiger partial charge on any atom is -0.388 e. The molecule has 1 aromatic rings. The molecule has 0 spiro atoms. The van der Waals surface area contributed by atoms with Crippen molar-refractivity contribution < 1.29 is 18.3 Å². The lowest BCUT2D eigenvalue weighted by molar-refractivity contribution is -0.139. The minimum absolute atomic E-state index is 0.0207. The second kappa shape index (κ2) is 4.61. The molecule has 0 amide bonds. The quantitative estimate of drug-likeness (QED) is 0.882. The summed E-state index contributed by atoms with van der Waals surface area (Å²) < 4.78 is 38.8. The summed E-state index contributed by atoms with van der Waals surface area (Å²) in [7, 11) is 0. The van der Waals surface area contributed by atoms with Crippen molar-refractivity contribution >= 4 is 15.9 Å². The molecule has 94 valence electrons. The molecule has 17 heavy (non-hydrogen) atoms. The second-order valence-electron chi connectivity index (χ2n) is 4.42. The van der Waals surface area contributed by atoms with Gasteiger partial charge in [0, 0.05) is 4.47 Å². The minimum atomic E-state index is -4.43. The van der Waals surface area contributed by atoms with E-state index in [1.54, 1.807) is 0 Å². The normalized spacial score (nSPS) is 18.2. The number of aliphatic hydroxyl groups excluding tert-OH is 1. The van der Waals surface area contributed by atoms with Crippen LogP contribution in [0.25, 0.3) is 0 Å². The lowest BCUT2D eigenvalue weighted by Gasteiger charge is -2.17. The molecule has 1 aromatic carbocycles. The molecule has 0 saturated heterocycles. The first-order chi connectivity index (χ1) is 7.88. The van der Waals surface area contributed by atoms with E-state index in [0.29, 0.717) is 16.8 Å². The van der Waals surface area contributed by atoms with Crippen molar-refractivity contribution in [2.45, 2.75) is 31.5 Å². The smallest absolute Gasteiger partial charge is 0.388 e. The van der Waals surface area contributed by atoms with Crippen LogP contribution in [0.5, 0.6) is 0 Å². The van der Waals surface area contributed by atoms with Crippen molar-refractivity contribution in [1.29, 1.82) is 0 Å². The van der Waals surface area contributed by atoms with E-state index in [4.69, 9.17) is 0 Å². The van der Waals surface area contributed by atoms with Crippen LogP contribution in [0.15, 0.2) is 22.7 Å². The van der Waals surface area contributed by atoms with Crippen molar-refractivity contribution in [3.63, 3.8) is 0 Å². The number of hydrogen-bond acceptors (Lipinski definition) is 1. The molecule has 1 saturated carbocycles. The fourth-order valence-electron chi connectivity index (χ4n) is 1.86. The van der Waals surface area contributed by atoms with E-state index in [1.807, 2.05) is 0 Å². The number of benzene rings is 1. The summed E-state index contributed by atoms with van der Waals surface area (Å²) in [5.74, 6) is 0.384. The first kappa shape index (κ1) is 12.9. The van der Waals surface area contributed by atoms with Crippen LogP contribution in [0, 0.1) is 5.92 Å². The van der Waals surface area contributed by atoms with Gasteiger partial charge in [-0.25, -0.2) is 0 Å². The highest BCUT2D eigenvalue weighted by Gasteiger charge is 2.36. The van der Waals surface area contributed by atoms with E-state index < -0.39 is 17.8 Å². The van der Waals surface area contributed by atoms with Gasteiger partial charge in [-0.3, -0.25) is 0 Å². The van der Waals surface area contributed by atoms with Gasteiger partial charge in [0.25, 0.3) is 0 Å². The third kappa shape index (κ3) is 3.22. The molecule has 1 N–H and O–H groups in total. The van der Waals surface area contributed by atoms with E-state index in [2.05, 4.69) is 15.9 Å². The lowest BCUT2D eigenvalue weighted by Crippen LogP contribution is -2.12. The number of rotatable bonds is 3. The van der Waals surface area contributed by atoms with Gasteiger partial charge >= 0.3 is 6.18 Å². The van der Waals surface area contributed by atoms with Crippen molar-refractivity contribution in [2.24, 2.45) is 5.92 Å². The number of hydrogen-bond donors (Lipinski definition) is 1. The fourth-order valence-corrected chi connectivity index (χ4v) is 2.22. The Hall–Kier alpha value is -0.550. The van der Waals surface area contributed by atoms with Crippen LogP contribution in [0.2, 0.25) is 0 Å². The predicted octanol–water partition coefficient (Wildman–Crippen LogP) is 4.30. The van der Waals surface area contributed by atoms with Crippen LogP contribution in [0.1, 0.15) is 36.5 Å². The number of alkyl halides is 3. The maximum Gasteiger partial charge on any atom is 0.416 e. The summed E-state index contributed by atoms with van der Waals surface area (Å²) in [6.07, 6.45) is -3.01. The summed E-state index contributed by atoms with van der Waals surface area (Å²) in [6, 6.07) is 3.89. The highest BCUT2D eigenvalue weighted by molar-refractivity contribution is 9.10. The van der Waals surface area contributed by atoms with Crippen LogP contribution in [-0.2, 0) is 6.18 Å². The van der Waals surface area contributed by atoms with E-state index in [-0.39, 0.29) is 5.56 Å². The molecule has 0 heterocycles. The molecule has 1 aliphatic rings. The van der Waals surface area contributed by atoms with Crippen LogP contribution >= 0.6 is 15.9 Å². The van der Waals surface area contributed by atoms with Crippen LogP contribution < -0.4 is 0 Å². The number of aliphatic hydroxyl groups is 1. The molecule has 1 fully saturated rings. The Bertz CT molecular complexity index is 413. The molecule has 0 radical (unpaired) electrons. The molecule has 0 aliphatic heterocycles. The maximum atomic E-state index is 12.8. The maximum absolute atomic E-state index is 12.8. The highest BCUT2D eigenvalue weighted by atomic mass is 79.9. The average Bonchev–Trinajstić information content (AvgIpc) is 3.00. The summed E-state index contributed by atoms with van der Waals surface area (Å²) in [5.41, 5.74) is -0.771. The zero-order valence-electron chi connectivity index (χ0n) is 8.97. The average molecular weight is 309 g/mol. The lowest BCUT2D eigenvalue weighted by atomic mass is 9.98. The largest absolute Gasteiger partial charge is 0.416 e. The van der Waals surface area contributed by atoms with Crippen LogP contribution in [0.4, 0.5) is 13.2 Å². The van der Waals surface area contributed by atoms with Gasteiger partial charge in [0.1, 0.15) is 0 Å². The van der Waals surface area contributed by atoms with Gasteiger partial charge in [0.2, 0.25) is 0 Å². The Morgan fingerprint density at radius 2 is 2.00 bits per heavy atom. The fraction of sp³-hybridized carbons (Fsp3) is 0.500. The molecule has 0 aromatic heterocycles. The standard InChI is InChI=1S/C12H12BrF3O/c13-8-3-4-9(10(6-8)12(14,15)16)11(17)5-7-1-2-7/h3-4,6-7,11,17H,1-2,5H2. The Labute approximate surface area is 106 Å². The van der Waals surface area contributed by atoms with Gasteiger partial charge in [-0.05, 0) is 30.0 Å². The SMILES string of the molecule is OC(CC1CC1)c1ccc(Br)cc1C(F)(F)F. The summed E-state index contributed by atoms with van der Waals surface area (Å²) in [4.78, 5) is 0. The Morgan fingerprint density at radius 1 is 1.35 bits per heavy atom. The molecule has 5 heteroatoms. The third-order valence-electron chi connectivity index (χ3n) is 2.93. The van der Waals surface area contributed by atoms with Crippen molar-refractivity contribution in [3.05, 3.63) is 33.8 Å². The molecule has 1 unspecified atom stereocenters. The summed E-state index contributed by atoms with van der Waals surface area (Å²) in [5, 5.41) is 9.85. The summed E-state index contributed by atoms with van der Waals surface area (Å²) in [6.45, 7) is 0. The molecular formula is C12H12BrF3O. The Balaban J connectivity index is 2.30. The Morgan fingerprint density at radius 3 is 2.53 bits per heavy atom. The first-order valence-electron chi connectivity index (χ1n) is 5.42. The van der Waals surface area contributed by atoms with E-state index >= 15 is 0 Å². The second-order valence-corrected chi connectivity index (χ2v) is 5.34. The Kier molecular flexibility index (Phi) is 3.50. The van der Waals surface area contributed by atoms with Gasteiger partial charge in [-0.2, -0.15) is 13.2 Å². The molecule has 2 rings (SSSR count). The van der Waals surface area contributed by atoms with Gasteiger partial charge < -0.3 is 5.11 Å².